The molecule has 0 saturated heterocycles. The third-order valence-corrected chi connectivity index (χ3v) is 9.54. The minimum absolute atomic E-state index is 0. The van der Waals surface area contributed by atoms with Crippen LogP contribution in [0.25, 0.3) is 44.4 Å². The molecule has 3 heterocycles. The second-order valence-corrected chi connectivity index (χ2v) is 14.6. The molecule has 0 N–H and O–H groups in total. The number of benzene rings is 4. The van der Waals surface area contributed by atoms with Crippen molar-refractivity contribution in [2.75, 3.05) is 0 Å². The van der Waals surface area contributed by atoms with Crippen molar-refractivity contribution in [3.63, 3.8) is 0 Å². The van der Waals surface area contributed by atoms with Gasteiger partial charge in [0.2, 0.25) is 0 Å². The number of aromatic nitrogens is 4. The zero-order valence-corrected chi connectivity index (χ0v) is 32.8. The zero-order valence-electron chi connectivity index (χ0n) is 30.5. The van der Waals surface area contributed by atoms with Crippen molar-refractivity contribution >= 4 is 21.8 Å². The van der Waals surface area contributed by atoms with Crippen molar-refractivity contribution in [1.82, 2.24) is 19.3 Å². The fourth-order valence-electron chi connectivity index (χ4n) is 6.90. The Morgan fingerprint density at radius 1 is 0.765 bits per heavy atom. The van der Waals surface area contributed by atoms with Gasteiger partial charge in [-0.15, -0.1) is 35.7 Å². The molecule has 0 fully saturated rings. The van der Waals surface area contributed by atoms with Crippen LogP contribution in [0, 0.1) is 31.4 Å². The average molecular weight is 854 g/mol. The Balaban J connectivity index is 0.00000448. The largest absolute Gasteiger partial charge is 2.00 e. The van der Waals surface area contributed by atoms with Crippen LogP contribution in [0.3, 0.4) is 0 Å². The van der Waals surface area contributed by atoms with Crippen molar-refractivity contribution in [2.45, 2.75) is 80.1 Å². The van der Waals surface area contributed by atoms with Crippen molar-refractivity contribution in [2.24, 2.45) is 5.41 Å². The number of fused-ring (bicyclic) bond motifs is 3. The predicted octanol–water partition coefficient (Wildman–Crippen LogP) is 11.7. The number of aryl methyl sites for hydroxylation is 3. The molecule has 51 heavy (non-hydrogen) atoms. The van der Waals surface area contributed by atoms with E-state index < -0.39 is 0 Å². The first-order valence-electron chi connectivity index (χ1n) is 18.0. The normalized spacial score (nSPS) is 11.6. The minimum atomic E-state index is 0. The minimum Gasteiger partial charge on any atom is -0.509 e. The van der Waals surface area contributed by atoms with Gasteiger partial charge >= 0.3 is 21.1 Å². The summed E-state index contributed by atoms with van der Waals surface area (Å²) < 4.78 is 10.7. The summed E-state index contributed by atoms with van der Waals surface area (Å²) in [6.45, 7) is 13.3. The molecule has 0 aliphatic carbocycles. The van der Waals surface area contributed by atoms with Gasteiger partial charge in [0, 0.05) is 34.5 Å². The first-order valence-corrected chi connectivity index (χ1v) is 18.0. The molecule has 0 unspecified atom stereocenters. The number of pyridine rings is 1. The molecule has 3 aromatic heterocycles. The summed E-state index contributed by atoms with van der Waals surface area (Å²) in [6.07, 6.45) is 8.76. The molecule has 7 aromatic rings. The molecule has 7 rings (SSSR count). The van der Waals surface area contributed by atoms with E-state index in [1.54, 1.807) is 0 Å². The van der Waals surface area contributed by atoms with Crippen LogP contribution in [0.1, 0.15) is 75.9 Å². The van der Waals surface area contributed by atoms with Gasteiger partial charge in [0.25, 0.3) is 0 Å². The number of ether oxygens (including phenoxy) is 1. The molecular formula is C45H46N4OPt. The SMILES string of the molecule is CCCCCc1ccnc(-n2c3[c-]c(Oc4[c-]c(-n5nc(C)c(-c6ccccc6)c5C)ccc4)ccc3c3cc(CCC(C)(C)C)ccc32)c1.[Pt+2]. The molecule has 4 aromatic carbocycles. The van der Waals surface area contributed by atoms with Crippen LogP contribution in [-0.2, 0) is 33.9 Å². The van der Waals surface area contributed by atoms with E-state index in [9.17, 15) is 0 Å². The van der Waals surface area contributed by atoms with Gasteiger partial charge in [0.15, 0.2) is 0 Å². The molecule has 6 heteroatoms. The van der Waals surface area contributed by atoms with Crippen LogP contribution < -0.4 is 4.74 Å². The Morgan fingerprint density at radius 2 is 1.55 bits per heavy atom. The Morgan fingerprint density at radius 3 is 2.33 bits per heavy atom. The standard InChI is InChI=1S/C45H46N4O.Pt/c1-7-8-10-14-33-24-26-46-43(28-33)48-41-22-19-34(23-25-45(4,5)6)27-40(41)39-21-20-38(30-42(39)48)50-37-18-13-17-36(29-37)49-32(3)44(31(2)47-49)35-15-11-9-12-16-35;/h9,11-13,15-22,24,26-28H,7-8,10,14,23,25H2,1-6H3;/q-2;+2. The van der Waals surface area contributed by atoms with Crippen LogP contribution in [0.4, 0.5) is 0 Å². The Hall–Kier alpha value is -4.47. The van der Waals surface area contributed by atoms with Crippen LogP contribution >= 0.6 is 0 Å². The number of rotatable bonds is 11. The third-order valence-electron chi connectivity index (χ3n) is 9.54. The molecule has 0 amide bonds. The van der Waals surface area contributed by atoms with Crippen LogP contribution in [0.2, 0.25) is 0 Å². The molecule has 0 saturated carbocycles. The monoisotopic (exact) mass is 853 g/mol. The van der Waals surface area contributed by atoms with Gasteiger partial charge < -0.3 is 9.30 Å². The molecule has 0 aliphatic rings. The molecule has 262 valence electrons. The van der Waals surface area contributed by atoms with Gasteiger partial charge in [-0.25, -0.2) is 4.98 Å². The van der Waals surface area contributed by atoms with Gasteiger partial charge in [0.05, 0.1) is 5.69 Å². The van der Waals surface area contributed by atoms with Crippen molar-refractivity contribution < 1.29 is 25.8 Å². The van der Waals surface area contributed by atoms with E-state index in [0.29, 0.717) is 11.5 Å². The second kappa shape index (κ2) is 15.4. The first-order chi connectivity index (χ1) is 24.2. The maximum atomic E-state index is 6.50. The van der Waals surface area contributed by atoms with E-state index in [1.807, 2.05) is 41.2 Å². The maximum absolute atomic E-state index is 6.50. The molecule has 0 atom stereocenters. The molecule has 0 bridgehead atoms. The third kappa shape index (κ3) is 7.90. The smallest absolute Gasteiger partial charge is 0.509 e. The van der Waals surface area contributed by atoms with Gasteiger partial charge in [-0.3, -0.25) is 4.68 Å². The summed E-state index contributed by atoms with van der Waals surface area (Å²) in [4.78, 5) is 4.89. The molecule has 5 nitrogen and oxygen atoms in total. The van der Waals surface area contributed by atoms with Crippen LogP contribution in [0.5, 0.6) is 11.5 Å². The summed E-state index contributed by atoms with van der Waals surface area (Å²) in [7, 11) is 0. The summed E-state index contributed by atoms with van der Waals surface area (Å²) in [6, 6.07) is 38.9. The van der Waals surface area contributed by atoms with Gasteiger partial charge in [-0.2, -0.15) is 17.2 Å². The predicted molar refractivity (Wildman–Crippen MR) is 206 cm³/mol. The molecule has 0 spiro atoms. The van der Waals surface area contributed by atoms with E-state index >= 15 is 0 Å². The Labute approximate surface area is 317 Å². The number of unbranched alkanes of at least 4 members (excludes halogenated alkanes) is 2. The second-order valence-electron chi connectivity index (χ2n) is 14.6. The van der Waals surface area contributed by atoms with E-state index in [-0.39, 0.29) is 26.5 Å². The van der Waals surface area contributed by atoms with Crippen LogP contribution in [0.15, 0.2) is 97.2 Å². The van der Waals surface area contributed by atoms with Crippen molar-refractivity contribution in [3.05, 3.63) is 132 Å². The zero-order chi connectivity index (χ0) is 34.8. The average Bonchev–Trinajstić information content (AvgIpc) is 3.59. The fourth-order valence-corrected chi connectivity index (χ4v) is 6.90. The topological polar surface area (TPSA) is 44.9 Å². The Bertz CT molecular complexity index is 2280. The number of hydrogen-bond donors (Lipinski definition) is 0. The molecule has 0 radical (unpaired) electrons. The van der Waals surface area contributed by atoms with E-state index in [1.165, 1.54) is 35.8 Å². The van der Waals surface area contributed by atoms with Gasteiger partial charge in [-0.1, -0.05) is 88.5 Å². The maximum Gasteiger partial charge on any atom is 2.00 e. The summed E-state index contributed by atoms with van der Waals surface area (Å²) in [5.74, 6) is 2.14. The Kier molecular flexibility index (Phi) is 11.0. The summed E-state index contributed by atoms with van der Waals surface area (Å²) in [5.41, 5.74) is 10.2. The molecular weight excluding hydrogens is 808 g/mol. The van der Waals surface area contributed by atoms with Gasteiger partial charge in [0.1, 0.15) is 5.82 Å². The van der Waals surface area contributed by atoms with Crippen molar-refractivity contribution in [3.8, 4) is 34.1 Å². The quantitative estimate of drug-likeness (QED) is 0.0962. The van der Waals surface area contributed by atoms with E-state index in [4.69, 9.17) is 14.8 Å². The number of hydrogen-bond acceptors (Lipinski definition) is 3. The summed E-state index contributed by atoms with van der Waals surface area (Å²) >= 11 is 0. The number of nitrogens with zero attached hydrogens (tertiary/aromatic N) is 4. The summed E-state index contributed by atoms with van der Waals surface area (Å²) in [5, 5.41) is 7.24. The fraction of sp³-hybridized carbons (Fsp3) is 0.289. The van der Waals surface area contributed by atoms with E-state index in [2.05, 4.69) is 119 Å². The molecule has 0 aliphatic heterocycles. The van der Waals surface area contributed by atoms with Gasteiger partial charge in [-0.05, 0) is 90.9 Å². The van der Waals surface area contributed by atoms with Crippen molar-refractivity contribution in [1.29, 1.82) is 0 Å². The van der Waals surface area contributed by atoms with E-state index in [0.717, 1.165) is 69.7 Å². The first kappa shape index (κ1) is 36.3. The van der Waals surface area contributed by atoms with Crippen LogP contribution in [-0.4, -0.2) is 19.3 Å².